The van der Waals surface area contributed by atoms with Gasteiger partial charge in [-0.25, -0.2) is 4.68 Å². The normalized spacial score (nSPS) is 15.7. The molecule has 0 radical (unpaired) electrons. The van der Waals surface area contributed by atoms with Crippen molar-refractivity contribution in [2.45, 2.75) is 38.8 Å². The summed E-state index contributed by atoms with van der Waals surface area (Å²) in [6, 6.07) is 14.0. The molecule has 0 aliphatic carbocycles. The predicted octanol–water partition coefficient (Wildman–Crippen LogP) is 3.76. The van der Waals surface area contributed by atoms with E-state index in [9.17, 15) is 0 Å². The summed E-state index contributed by atoms with van der Waals surface area (Å²) in [6.45, 7) is 9.81. The quantitative estimate of drug-likeness (QED) is 0.458. The van der Waals surface area contributed by atoms with Crippen LogP contribution in [0.25, 0.3) is 0 Å². The molecule has 1 saturated heterocycles. The van der Waals surface area contributed by atoms with Crippen molar-refractivity contribution in [1.29, 1.82) is 0 Å². The van der Waals surface area contributed by atoms with Gasteiger partial charge in [0.2, 0.25) is 0 Å². The number of piperazine rings is 1. The van der Waals surface area contributed by atoms with Gasteiger partial charge in [-0.1, -0.05) is 31.2 Å². The SMILES string of the molecule is CCC(C)(C)n1nnnc1C(c1cccc(OC)c1OC)N1CCN(c2ccccc2OC)CC1. The van der Waals surface area contributed by atoms with Crippen LogP contribution in [0, 0.1) is 0 Å². The third-order valence-electron chi connectivity index (χ3n) is 7.01. The molecule has 0 saturated carbocycles. The number of anilines is 1. The second-order valence-corrected chi connectivity index (χ2v) is 9.30. The fourth-order valence-corrected chi connectivity index (χ4v) is 4.68. The molecule has 0 spiro atoms. The standard InChI is InChI=1S/C26H36N6O3/c1-7-26(2,3)32-25(27-28-29-32)23(19-11-10-14-22(34-5)24(19)35-6)31-17-15-30(16-18-31)20-12-8-9-13-21(20)33-4/h8-14,23H,7,15-18H2,1-6H3. The van der Waals surface area contributed by atoms with Crippen LogP contribution in [0.15, 0.2) is 42.5 Å². The molecule has 1 atom stereocenters. The lowest BCUT2D eigenvalue weighted by Crippen LogP contribution is -2.49. The molecule has 188 valence electrons. The van der Waals surface area contributed by atoms with Crippen molar-refractivity contribution >= 4 is 5.69 Å². The fourth-order valence-electron chi connectivity index (χ4n) is 4.68. The second kappa shape index (κ2) is 10.5. The van der Waals surface area contributed by atoms with Crippen LogP contribution in [-0.2, 0) is 5.54 Å². The van der Waals surface area contributed by atoms with E-state index in [1.165, 1.54) is 0 Å². The highest BCUT2D eigenvalue weighted by Crippen LogP contribution is 2.41. The van der Waals surface area contributed by atoms with E-state index in [0.717, 1.165) is 55.4 Å². The average molecular weight is 481 g/mol. The summed E-state index contributed by atoms with van der Waals surface area (Å²) in [5.74, 6) is 3.09. The van der Waals surface area contributed by atoms with Crippen molar-refractivity contribution in [1.82, 2.24) is 25.1 Å². The fraction of sp³-hybridized carbons (Fsp3) is 0.500. The third-order valence-corrected chi connectivity index (χ3v) is 7.01. The summed E-state index contributed by atoms with van der Waals surface area (Å²) in [4.78, 5) is 4.80. The van der Waals surface area contributed by atoms with E-state index in [2.05, 4.69) is 64.3 Å². The van der Waals surface area contributed by atoms with E-state index in [0.29, 0.717) is 11.5 Å². The summed E-state index contributed by atoms with van der Waals surface area (Å²) in [5, 5.41) is 13.1. The number of tetrazole rings is 1. The molecule has 1 aliphatic heterocycles. The summed E-state index contributed by atoms with van der Waals surface area (Å²) in [6.07, 6.45) is 0.897. The Morgan fingerprint density at radius 3 is 2.23 bits per heavy atom. The number of hydrogen-bond acceptors (Lipinski definition) is 8. The van der Waals surface area contributed by atoms with E-state index in [4.69, 9.17) is 14.2 Å². The van der Waals surface area contributed by atoms with Gasteiger partial charge in [-0.05, 0) is 48.9 Å². The van der Waals surface area contributed by atoms with Crippen molar-refractivity contribution in [2.24, 2.45) is 0 Å². The van der Waals surface area contributed by atoms with Crippen LogP contribution in [0.3, 0.4) is 0 Å². The minimum absolute atomic E-state index is 0.194. The molecule has 0 bridgehead atoms. The zero-order valence-corrected chi connectivity index (χ0v) is 21.6. The maximum Gasteiger partial charge on any atom is 0.173 e. The summed E-state index contributed by atoms with van der Waals surface area (Å²) in [5.41, 5.74) is 1.87. The lowest BCUT2D eigenvalue weighted by atomic mass is 9.98. The summed E-state index contributed by atoms with van der Waals surface area (Å²) in [7, 11) is 5.05. The first kappa shape index (κ1) is 24.8. The molecule has 3 aromatic rings. The molecular formula is C26H36N6O3. The minimum Gasteiger partial charge on any atom is -0.495 e. The number of rotatable bonds is 9. The second-order valence-electron chi connectivity index (χ2n) is 9.30. The molecule has 4 rings (SSSR count). The Morgan fingerprint density at radius 1 is 0.886 bits per heavy atom. The van der Waals surface area contributed by atoms with Crippen molar-refractivity contribution < 1.29 is 14.2 Å². The van der Waals surface area contributed by atoms with Crippen LogP contribution >= 0.6 is 0 Å². The number of hydrogen-bond donors (Lipinski definition) is 0. The maximum atomic E-state index is 5.85. The van der Waals surface area contributed by atoms with E-state index in [1.807, 2.05) is 28.9 Å². The van der Waals surface area contributed by atoms with Gasteiger partial charge in [0.15, 0.2) is 17.3 Å². The highest BCUT2D eigenvalue weighted by molar-refractivity contribution is 5.58. The molecule has 2 aromatic carbocycles. The Bertz CT molecular complexity index is 1120. The van der Waals surface area contributed by atoms with Gasteiger partial charge >= 0.3 is 0 Å². The Kier molecular flexibility index (Phi) is 7.45. The van der Waals surface area contributed by atoms with E-state index in [-0.39, 0.29) is 11.6 Å². The highest BCUT2D eigenvalue weighted by atomic mass is 16.5. The first-order valence-corrected chi connectivity index (χ1v) is 12.1. The maximum absolute atomic E-state index is 5.85. The summed E-state index contributed by atoms with van der Waals surface area (Å²) < 4.78 is 19.0. The number of methoxy groups -OCH3 is 3. The van der Waals surface area contributed by atoms with E-state index >= 15 is 0 Å². The van der Waals surface area contributed by atoms with Gasteiger partial charge < -0.3 is 19.1 Å². The van der Waals surface area contributed by atoms with Gasteiger partial charge in [-0.3, -0.25) is 4.90 Å². The van der Waals surface area contributed by atoms with Gasteiger partial charge in [0.05, 0.1) is 32.6 Å². The Morgan fingerprint density at radius 2 is 1.57 bits per heavy atom. The molecule has 1 fully saturated rings. The van der Waals surface area contributed by atoms with Crippen LogP contribution in [-0.4, -0.2) is 72.6 Å². The van der Waals surface area contributed by atoms with Crippen molar-refractivity contribution in [2.75, 3.05) is 52.4 Å². The highest BCUT2D eigenvalue weighted by Gasteiger charge is 2.36. The molecule has 1 unspecified atom stereocenters. The van der Waals surface area contributed by atoms with Gasteiger partial charge in [-0.15, -0.1) is 5.10 Å². The zero-order chi connectivity index (χ0) is 25.0. The molecule has 1 aliphatic rings. The molecular weight excluding hydrogens is 444 g/mol. The number of para-hydroxylation sites is 3. The first-order valence-electron chi connectivity index (χ1n) is 12.1. The van der Waals surface area contributed by atoms with Gasteiger partial charge in [0, 0.05) is 31.7 Å². The average Bonchev–Trinajstić information content (AvgIpc) is 3.39. The largest absolute Gasteiger partial charge is 0.495 e. The molecule has 1 aromatic heterocycles. The van der Waals surface area contributed by atoms with Gasteiger partial charge in [0.25, 0.3) is 0 Å². The van der Waals surface area contributed by atoms with Crippen LogP contribution in [0.4, 0.5) is 5.69 Å². The monoisotopic (exact) mass is 480 g/mol. The molecule has 35 heavy (non-hydrogen) atoms. The van der Waals surface area contributed by atoms with Crippen molar-refractivity contribution in [3.63, 3.8) is 0 Å². The van der Waals surface area contributed by atoms with Crippen LogP contribution < -0.4 is 19.1 Å². The Balaban J connectivity index is 1.73. The van der Waals surface area contributed by atoms with Gasteiger partial charge in [-0.2, -0.15) is 0 Å². The predicted molar refractivity (Wildman–Crippen MR) is 136 cm³/mol. The molecule has 9 nitrogen and oxygen atoms in total. The number of aromatic nitrogens is 4. The summed E-state index contributed by atoms with van der Waals surface area (Å²) >= 11 is 0. The Labute approximate surface area is 207 Å². The molecule has 0 N–H and O–H groups in total. The van der Waals surface area contributed by atoms with Crippen molar-refractivity contribution in [3.8, 4) is 17.2 Å². The van der Waals surface area contributed by atoms with Crippen LogP contribution in [0.2, 0.25) is 0 Å². The number of ether oxygens (including phenoxy) is 3. The zero-order valence-electron chi connectivity index (χ0n) is 21.6. The number of nitrogens with zero attached hydrogens (tertiary/aromatic N) is 6. The molecule has 0 amide bonds. The van der Waals surface area contributed by atoms with E-state index < -0.39 is 0 Å². The smallest absolute Gasteiger partial charge is 0.173 e. The van der Waals surface area contributed by atoms with Crippen LogP contribution in [0.1, 0.15) is 44.6 Å². The third kappa shape index (κ3) is 4.77. The lowest BCUT2D eigenvalue weighted by Gasteiger charge is -2.41. The topological polar surface area (TPSA) is 77.8 Å². The lowest BCUT2D eigenvalue weighted by molar-refractivity contribution is 0.183. The van der Waals surface area contributed by atoms with Gasteiger partial charge in [0.1, 0.15) is 11.8 Å². The molecule has 2 heterocycles. The Hall–Kier alpha value is -3.33. The van der Waals surface area contributed by atoms with E-state index in [1.54, 1.807) is 21.3 Å². The van der Waals surface area contributed by atoms with Crippen molar-refractivity contribution in [3.05, 3.63) is 53.9 Å². The number of benzene rings is 2. The minimum atomic E-state index is -0.234. The first-order chi connectivity index (χ1) is 16.9. The van der Waals surface area contributed by atoms with Crippen LogP contribution in [0.5, 0.6) is 17.2 Å². The molecule has 9 heteroatoms.